The number of para-hydroxylation sites is 1. The van der Waals surface area contributed by atoms with E-state index in [1.807, 2.05) is 12.3 Å². The van der Waals surface area contributed by atoms with Gasteiger partial charge < -0.3 is 5.32 Å². The number of nitrogens with zero attached hydrogens (tertiary/aromatic N) is 1. The molecule has 2 rings (SSSR count). The third-order valence-corrected chi connectivity index (χ3v) is 3.58. The molecule has 0 unspecified atom stereocenters. The maximum atomic E-state index is 4.42. The van der Waals surface area contributed by atoms with Crippen molar-refractivity contribution < 1.29 is 0 Å². The monoisotopic (exact) mass is 282 g/mol. The van der Waals surface area contributed by atoms with E-state index in [1.54, 1.807) is 0 Å². The summed E-state index contributed by atoms with van der Waals surface area (Å²) >= 11 is 0. The molecular formula is C19H26N2. The van der Waals surface area contributed by atoms with Crippen LogP contribution in [-0.4, -0.2) is 18.1 Å². The van der Waals surface area contributed by atoms with Crippen molar-refractivity contribution in [3.8, 4) is 0 Å². The van der Waals surface area contributed by atoms with Crippen LogP contribution in [0.4, 0.5) is 0 Å². The molecule has 1 aromatic heterocycles. The maximum Gasteiger partial charge on any atom is 0.0704 e. The zero-order valence-corrected chi connectivity index (χ0v) is 13.4. The Hall–Kier alpha value is -1.67. The number of allylic oxidation sites excluding steroid dienone is 1. The van der Waals surface area contributed by atoms with Gasteiger partial charge in [-0.1, -0.05) is 43.7 Å². The largest absolute Gasteiger partial charge is 0.316 e. The number of pyridine rings is 1. The van der Waals surface area contributed by atoms with E-state index >= 15 is 0 Å². The van der Waals surface area contributed by atoms with E-state index in [0.29, 0.717) is 0 Å². The van der Waals surface area contributed by atoms with Gasteiger partial charge in [0.2, 0.25) is 0 Å². The van der Waals surface area contributed by atoms with Gasteiger partial charge in [0.05, 0.1) is 5.52 Å². The predicted molar refractivity (Wildman–Crippen MR) is 91.5 cm³/mol. The van der Waals surface area contributed by atoms with Crippen LogP contribution in [0.15, 0.2) is 48.2 Å². The molecular weight excluding hydrogens is 256 g/mol. The van der Waals surface area contributed by atoms with Crippen molar-refractivity contribution >= 4 is 10.9 Å². The molecule has 112 valence electrons. The van der Waals surface area contributed by atoms with Gasteiger partial charge in [0.25, 0.3) is 0 Å². The minimum atomic E-state index is 0.721. The van der Waals surface area contributed by atoms with Crippen molar-refractivity contribution in [3.05, 3.63) is 53.7 Å². The summed E-state index contributed by atoms with van der Waals surface area (Å²) in [7, 11) is 0. The number of benzene rings is 1. The van der Waals surface area contributed by atoms with E-state index in [-0.39, 0.29) is 0 Å². The topological polar surface area (TPSA) is 24.9 Å². The van der Waals surface area contributed by atoms with E-state index in [1.165, 1.54) is 16.5 Å². The van der Waals surface area contributed by atoms with Gasteiger partial charge in [0.1, 0.15) is 0 Å². The molecule has 2 nitrogen and oxygen atoms in total. The Bertz CT molecular complexity index is 594. The molecule has 0 spiro atoms. The molecule has 0 aliphatic rings. The van der Waals surface area contributed by atoms with E-state index in [2.05, 4.69) is 61.4 Å². The first-order valence-corrected chi connectivity index (χ1v) is 7.86. The minimum absolute atomic E-state index is 0.721. The summed E-state index contributed by atoms with van der Waals surface area (Å²) in [5, 5.41) is 4.75. The number of fused-ring (bicyclic) bond motifs is 1. The summed E-state index contributed by atoms with van der Waals surface area (Å²) in [5.41, 5.74) is 3.88. The fraction of sp³-hybridized carbons (Fsp3) is 0.421. The molecule has 0 bridgehead atoms. The van der Waals surface area contributed by atoms with Gasteiger partial charge in [-0.2, -0.15) is 0 Å². The summed E-state index contributed by atoms with van der Waals surface area (Å²) in [6.07, 6.45) is 6.37. The minimum Gasteiger partial charge on any atom is -0.316 e. The van der Waals surface area contributed by atoms with Gasteiger partial charge >= 0.3 is 0 Å². The molecule has 1 aromatic carbocycles. The lowest BCUT2D eigenvalue weighted by Gasteiger charge is -2.08. The van der Waals surface area contributed by atoms with E-state index < -0.39 is 0 Å². The Balaban J connectivity index is 1.93. The van der Waals surface area contributed by atoms with Crippen molar-refractivity contribution in [1.82, 2.24) is 10.3 Å². The van der Waals surface area contributed by atoms with Crippen LogP contribution in [0, 0.1) is 5.92 Å². The van der Waals surface area contributed by atoms with Gasteiger partial charge in [0.15, 0.2) is 0 Å². The molecule has 0 fully saturated rings. The van der Waals surface area contributed by atoms with Gasteiger partial charge in [-0.05, 0) is 56.5 Å². The molecule has 0 aliphatic heterocycles. The molecule has 0 atom stereocenters. The highest BCUT2D eigenvalue weighted by molar-refractivity contribution is 5.82. The molecule has 0 saturated carbocycles. The molecule has 0 radical (unpaired) electrons. The second-order valence-electron chi connectivity index (χ2n) is 6.10. The normalized spacial score (nSPS) is 12.3. The Morgan fingerprint density at radius 3 is 2.86 bits per heavy atom. The van der Waals surface area contributed by atoms with Crippen LogP contribution in [0.5, 0.6) is 0 Å². The van der Waals surface area contributed by atoms with Crippen LogP contribution in [0.1, 0.15) is 32.8 Å². The van der Waals surface area contributed by atoms with Crippen LogP contribution in [0.25, 0.3) is 10.9 Å². The van der Waals surface area contributed by atoms with Crippen molar-refractivity contribution in [2.45, 2.75) is 33.6 Å². The second-order valence-corrected chi connectivity index (χ2v) is 6.10. The maximum absolute atomic E-state index is 4.42. The second kappa shape index (κ2) is 7.94. The summed E-state index contributed by atoms with van der Waals surface area (Å²) in [4.78, 5) is 4.42. The summed E-state index contributed by atoms with van der Waals surface area (Å²) < 4.78 is 0. The highest BCUT2D eigenvalue weighted by atomic mass is 14.8. The first-order chi connectivity index (χ1) is 10.2. The van der Waals surface area contributed by atoms with Crippen LogP contribution in [-0.2, 0) is 6.42 Å². The number of aromatic nitrogens is 1. The zero-order valence-electron chi connectivity index (χ0n) is 13.4. The Morgan fingerprint density at radius 2 is 2.05 bits per heavy atom. The van der Waals surface area contributed by atoms with Gasteiger partial charge in [-0.15, -0.1) is 0 Å². The van der Waals surface area contributed by atoms with Crippen molar-refractivity contribution in [2.24, 2.45) is 5.92 Å². The van der Waals surface area contributed by atoms with Crippen LogP contribution >= 0.6 is 0 Å². The predicted octanol–water partition coefficient (Wildman–Crippen LogP) is 4.36. The van der Waals surface area contributed by atoms with Crippen molar-refractivity contribution in [1.29, 1.82) is 0 Å². The zero-order chi connectivity index (χ0) is 15.1. The molecule has 21 heavy (non-hydrogen) atoms. The highest BCUT2D eigenvalue weighted by Crippen LogP contribution is 2.19. The lowest BCUT2D eigenvalue weighted by Crippen LogP contribution is -2.20. The average molecular weight is 282 g/mol. The number of hydrogen-bond acceptors (Lipinski definition) is 2. The summed E-state index contributed by atoms with van der Waals surface area (Å²) in [5.74, 6) is 0.721. The van der Waals surface area contributed by atoms with Crippen LogP contribution in [0.3, 0.4) is 0 Å². The third kappa shape index (κ3) is 4.98. The number of nitrogens with one attached hydrogen (secondary N) is 1. The molecule has 1 N–H and O–H groups in total. The van der Waals surface area contributed by atoms with Gasteiger partial charge in [0, 0.05) is 11.6 Å². The van der Waals surface area contributed by atoms with Gasteiger partial charge in [-0.25, -0.2) is 0 Å². The SMILES string of the molecule is CC(=CCCNCC(C)C)Cc1ccnc2ccccc12. The number of rotatable bonds is 7. The molecule has 2 aromatic rings. The van der Waals surface area contributed by atoms with Crippen LogP contribution < -0.4 is 5.32 Å². The Kier molecular flexibility index (Phi) is 5.94. The van der Waals surface area contributed by atoms with E-state index in [9.17, 15) is 0 Å². The molecule has 0 aliphatic carbocycles. The fourth-order valence-electron chi connectivity index (χ4n) is 2.49. The van der Waals surface area contributed by atoms with Crippen LogP contribution in [0.2, 0.25) is 0 Å². The lowest BCUT2D eigenvalue weighted by atomic mass is 10.0. The Labute approximate surface area is 128 Å². The van der Waals surface area contributed by atoms with E-state index in [4.69, 9.17) is 0 Å². The van der Waals surface area contributed by atoms with Gasteiger partial charge in [-0.3, -0.25) is 4.98 Å². The lowest BCUT2D eigenvalue weighted by molar-refractivity contribution is 0.556. The van der Waals surface area contributed by atoms with Crippen molar-refractivity contribution in [2.75, 3.05) is 13.1 Å². The summed E-state index contributed by atoms with van der Waals surface area (Å²) in [6.45, 7) is 8.86. The summed E-state index contributed by atoms with van der Waals surface area (Å²) in [6, 6.07) is 10.5. The molecule has 2 heteroatoms. The standard InChI is InChI=1S/C19H26N2/c1-15(2)14-20-11-6-7-16(3)13-17-10-12-21-19-9-5-4-8-18(17)19/h4-5,7-10,12,15,20H,6,11,13-14H2,1-3H3. The quantitative estimate of drug-likeness (QED) is 0.603. The first-order valence-electron chi connectivity index (χ1n) is 7.86. The molecule has 1 heterocycles. The fourth-order valence-corrected chi connectivity index (χ4v) is 2.49. The first kappa shape index (κ1) is 15.7. The smallest absolute Gasteiger partial charge is 0.0704 e. The third-order valence-electron chi connectivity index (χ3n) is 3.58. The van der Waals surface area contributed by atoms with E-state index in [0.717, 1.165) is 37.4 Å². The highest BCUT2D eigenvalue weighted by Gasteiger charge is 2.02. The van der Waals surface area contributed by atoms with Crippen molar-refractivity contribution in [3.63, 3.8) is 0 Å². The molecule has 0 saturated heterocycles. The molecule has 0 amide bonds. The average Bonchev–Trinajstić information content (AvgIpc) is 2.47. The Morgan fingerprint density at radius 1 is 1.24 bits per heavy atom. The number of hydrogen-bond donors (Lipinski definition) is 1.